The van der Waals surface area contributed by atoms with E-state index >= 15 is 0 Å². The second-order valence-corrected chi connectivity index (χ2v) is 5.62. The Hall–Kier alpha value is -1.02. The maximum atomic E-state index is 9.54. The van der Waals surface area contributed by atoms with E-state index < -0.39 is 0 Å². The van der Waals surface area contributed by atoms with Gasteiger partial charge in [0.25, 0.3) is 0 Å². The SMILES string of the molecule is CC(C)CN(C)C1CCCc2cc(O)ccc21. The van der Waals surface area contributed by atoms with Gasteiger partial charge in [0.15, 0.2) is 0 Å². The summed E-state index contributed by atoms with van der Waals surface area (Å²) in [6, 6.07) is 6.39. The summed E-state index contributed by atoms with van der Waals surface area (Å²) in [5.74, 6) is 1.10. The number of nitrogens with zero attached hydrogens (tertiary/aromatic N) is 1. The Bertz CT molecular complexity index is 387. The van der Waals surface area contributed by atoms with E-state index in [-0.39, 0.29) is 0 Å². The van der Waals surface area contributed by atoms with Crippen LogP contribution in [0.3, 0.4) is 0 Å². The highest BCUT2D eigenvalue weighted by atomic mass is 16.3. The van der Waals surface area contributed by atoms with Gasteiger partial charge >= 0.3 is 0 Å². The first-order valence-corrected chi connectivity index (χ1v) is 6.60. The van der Waals surface area contributed by atoms with E-state index in [9.17, 15) is 5.11 Å². The maximum absolute atomic E-state index is 9.54. The standard InChI is InChI=1S/C15H23NO/c1-11(2)10-16(3)15-6-4-5-12-9-13(17)7-8-14(12)15/h7-9,11,15,17H,4-6,10H2,1-3H3. The first kappa shape index (κ1) is 12.4. The molecule has 0 aliphatic heterocycles. The minimum Gasteiger partial charge on any atom is -0.508 e. The quantitative estimate of drug-likeness (QED) is 0.865. The van der Waals surface area contributed by atoms with Crippen molar-refractivity contribution in [2.24, 2.45) is 5.92 Å². The fourth-order valence-corrected chi connectivity index (χ4v) is 2.94. The van der Waals surface area contributed by atoms with Crippen molar-refractivity contribution >= 4 is 0 Å². The van der Waals surface area contributed by atoms with Crippen LogP contribution in [0.2, 0.25) is 0 Å². The highest BCUT2D eigenvalue weighted by molar-refractivity contribution is 5.38. The molecule has 2 heteroatoms. The third-order valence-electron chi connectivity index (χ3n) is 3.59. The largest absolute Gasteiger partial charge is 0.508 e. The Morgan fingerprint density at radius 1 is 1.41 bits per heavy atom. The molecule has 1 aromatic carbocycles. The molecule has 0 aromatic heterocycles. The lowest BCUT2D eigenvalue weighted by molar-refractivity contribution is 0.199. The molecule has 0 heterocycles. The average Bonchev–Trinajstić information content (AvgIpc) is 2.26. The number of phenols is 1. The molecule has 1 atom stereocenters. The van der Waals surface area contributed by atoms with E-state index in [0.717, 1.165) is 13.0 Å². The zero-order chi connectivity index (χ0) is 12.4. The third-order valence-corrected chi connectivity index (χ3v) is 3.59. The van der Waals surface area contributed by atoms with Crippen molar-refractivity contribution in [2.75, 3.05) is 13.6 Å². The molecular weight excluding hydrogens is 210 g/mol. The van der Waals surface area contributed by atoms with Crippen LogP contribution in [0.25, 0.3) is 0 Å². The van der Waals surface area contributed by atoms with Crippen LogP contribution in [0, 0.1) is 5.92 Å². The van der Waals surface area contributed by atoms with Crippen LogP contribution < -0.4 is 0 Å². The predicted molar refractivity (Wildman–Crippen MR) is 71.3 cm³/mol. The summed E-state index contributed by atoms with van der Waals surface area (Å²) >= 11 is 0. The molecule has 0 fully saturated rings. The van der Waals surface area contributed by atoms with Crippen molar-refractivity contribution in [3.05, 3.63) is 29.3 Å². The van der Waals surface area contributed by atoms with Crippen LogP contribution in [0.5, 0.6) is 5.75 Å². The van der Waals surface area contributed by atoms with Gasteiger partial charge in [0, 0.05) is 12.6 Å². The number of hydrogen-bond acceptors (Lipinski definition) is 2. The molecule has 2 rings (SSSR count). The highest BCUT2D eigenvalue weighted by Crippen LogP contribution is 2.35. The monoisotopic (exact) mass is 233 g/mol. The highest BCUT2D eigenvalue weighted by Gasteiger charge is 2.24. The third kappa shape index (κ3) is 2.81. The first-order valence-electron chi connectivity index (χ1n) is 6.60. The summed E-state index contributed by atoms with van der Waals surface area (Å²) < 4.78 is 0. The number of aryl methyl sites for hydroxylation is 1. The van der Waals surface area contributed by atoms with Gasteiger partial charge in [0.05, 0.1) is 0 Å². The van der Waals surface area contributed by atoms with E-state index in [1.165, 1.54) is 24.0 Å². The number of benzene rings is 1. The van der Waals surface area contributed by atoms with Gasteiger partial charge in [0.1, 0.15) is 5.75 Å². The molecule has 0 saturated carbocycles. The van der Waals surface area contributed by atoms with Crippen molar-refractivity contribution in [1.29, 1.82) is 0 Å². The second-order valence-electron chi connectivity index (χ2n) is 5.62. The van der Waals surface area contributed by atoms with Crippen LogP contribution in [0.1, 0.15) is 43.9 Å². The molecular formula is C15H23NO. The van der Waals surface area contributed by atoms with Gasteiger partial charge in [-0.15, -0.1) is 0 Å². The molecule has 0 saturated heterocycles. The summed E-state index contributed by atoms with van der Waals surface area (Å²) in [4.78, 5) is 2.46. The molecule has 1 aliphatic rings. The van der Waals surface area contributed by atoms with Crippen molar-refractivity contribution in [3.63, 3.8) is 0 Å². The van der Waals surface area contributed by atoms with Gasteiger partial charge in [-0.3, -0.25) is 4.90 Å². The topological polar surface area (TPSA) is 23.5 Å². The lowest BCUT2D eigenvalue weighted by atomic mass is 9.86. The molecule has 1 unspecified atom stereocenters. The Labute approximate surface area is 104 Å². The zero-order valence-electron chi connectivity index (χ0n) is 11.1. The summed E-state index contributed by atoms with van der Waals surface area (Å²) in [5, 5.41) is 9.54. The zero-order valence-corrected chi connectivity index (χ0v) is 11.1. The molecule has 94 valence electrons. The molecule has 1 aromatic rings. The fourth-order valence-electron chi connectivity index (χ4n) is 2.94. The molecule has 0 bridgehead atoms. The Balaban J connectivity index is 2.22. The minimum atomic E-state index is 0.399. The second kappa shape index (κ2) is 5.09. The fraction of sp³-hybridized carbons (Fsp3) is 0.600. The van der Waals surface area contributed by atoms with Crippen molar-refractivity contribution in [1.82, 2.24) is 4.90 Å². The number of phenolic OH excluding ortho intramolecular Hbond substituents is 1. The van der Waals surface area contributed by atoms with Gasteiger partial charge in [-0.2, -0.15) is 0 Å². The van der Waals surface area contributed by atoms with E-state index in [1.54, 1.807) is 0 Å². The lowest BCUT2D eigenvalue weighted by Gasteiger charge is -2.34. The molecule has 0 radical (unpaired) electrons. The number of rotatable bonds is 3. The van der Waals surface area contributed by atoms with Crippen LogP contribution >= 0.6 is 0 Å². The lowest BCUT2D eigenvalue weighted by Crippen LogP contribution is -2.30. The molecule has 17 heavy (non-hydrogen) atoms. The van der Waals surface area contributed by atoms with E-state index in [0.29, 0.717) is 17.7 Å². The molecule has 1 aliphatic carbocycles. The number of fused-ring (bicyclic) bond motifs is 1. The molecule has 1 N–H and O–H groups in total. The number of aromatic hydroxyl groups is 1. The Kier molecular flexibility index (Phi) is 3.72. The van der Waals surface area contributed by atoms with Gasteiger partial charge in [-0.1, -0.05) is 19.9 Å². The van der Waals surface area contributed by atoms with Gasteiger partial charge < -0.3 is 5.11 Å². The van der Waals surface area contributed by atoms with Crippen molar-refractivity contribution in [2.45, 2.75) is 39.2 Å². The normalized spacial score (nSPS) is 19.7. The summed E-state index contributed by atoms with van der Waals surface area (Å²) in [7, 11) is 2.21. The van der Waals surface area contributed by atoms with Gasteiger partial charge in [-0.05, 0) is 55.5 Å². The van der Waals surface area contributed by atoms with Gasteiger partial charge in [0.2, 0.25) is 0 Å². The molecule has 0 amide bonds. The smallest absolute Gasteiger partial charge is 0.115 e. The average molecular weight is 233 g/mol. The van der Waals surface area contributed by atoms with E-state index in [4.69, 9.17) is 0 Å². The summed E-state index contributed by atoms with van der Waals surface area (Å²) in [5.41, 5.74) is 2.74. The van der Waals surface area contributed by atoms with Crippen LogP contribution in [0.15, 0.2) is 18.2 Å². The predicted octanol–water partition coefficient (Wildman–Crippen LogP) is 3.36. The van der Waals surface area contributed by atoms with E-state index in [2.05, 4.69) is 31.9 Å². The maximum Gasteiger partial charge on any atom is 0.115 e. The molecule has 2 nitrogen and oxygen atoms in total. The summed E-state index contributed by atoms with van der Waals surface area (Å²) in [6.45, 7) is 5.65. The van der Waals surface area contributed by atoms with Crippen molar-refractivity contribution in [3.8, 4) is 5.75 Å². The summed E-state index contributed by atoms with van der Waals surface area (Å²) in [6.07, 6.45) is 3.57. The number of hydrogen-bond donors (Lipinski definition) is 1. The van der Waals surface area contributed by atoms with Crippen molar-refractivity contribution < 1.29 is 5.11 Å². The van der Waals surface area contributed by atoms with Crippen LogP contribution in [-0.2, 0) is 6.42 Å². The van der Waals surface area contributed by atoms with Gasteiger partial charge in [-0.25, -0.2) is 0 Å². The Morgan fingerprint density at radius 2 is 2.18 bits per heavy atom. The van der Waals surface area contributed by atoms with E-state index in [1.807, 2.05) is 12.1 Å². The minimum absolute atomic E-state index is 0.399. The van der Waals surface area contributed by atoms with Crippen LogP contribution in [-0.4, -0.2) is 23.6 Å². The first-order chi connectivity index (χ1) is 8.08. The molecule has 0 spiro atoms. The Morgan fingerprint density at radius 3 is 2.88 bits per heavy atom. The van der Waals surface area contributed by atoms with Crippen LogP contribution in [0.4, 0.5) is 0 Å².